The van der Waals surface area contributed by atoms with Crippen molar-refractivity contribution in [2.24, 2.45) is 0 Å². The van der Waals surface area contributed by atoms with Gasteiger partial charge in [-0.1, -0.05) is 47.7 Å². The molecule has 5 N–H and O–H groups in total. The zero-order chi connectivity index (χ0) is 23.6. The molecule has 2 aromatic rings. The lowest BCUT2D eigenvalue weighted by Crippen LogP contribution is -2.55. The van der Waals surface area contributed by atoms with Crippen LogP contribution >= 0.6 is 11.6 Å². The maximum atomic E-state index is 10.4. The van der Waals surface area contributed by atoms with Crippen molar-refractivity contribution in [3.05, 3.63) is 69.7 Å². The first-order valence-corrected chi connectivity index (χ1v) is 11.6. The van der Waals surface area contributed by atoms with Crippen LogP contribution in [0.4, 0.5) is 0 Å². The second kappa shape index (κ2) is 10.1. The molecule has 2 aliphatic rings. The van der Waals surface area contributed by atoms with Gasteiger partial charge in [-0.15, -0.1) is 0 Å². The molecule has 4 rings (SSSR count). The third-order valence-corrected chi connectivity index (χ3v) is 6.88. The van der Waals surface area contributed by atoms with Crippen LogP contribution in [0.25, 0.3) is 0 Å². The fourth-order valence-electron chi connectivity index (χ4n) is 4.48. The SMILES string of the molecule is OC[C@H]1O[C@@H](c2ccc(Cl)c(Cc3ccc(C#CC4(O)CCCC4)cc3)c2)[C@H](O)[C@@H](O)[C@@H]1O. The molecule has 1 aliphatic heterocycles. The number of aliphatic hydroxyl groups is 5. The van der Waals surface area contributed by atoms with E-state index in [9.17, 15) is 25.5 Å². The summed E-state index contributed by atoms with van der Waals surface area (Å²) in [5.74, 6) is 6.08. The topological polar surface area (TPSA) is 110 Å². The van der Waals surface area contributed by atoms with Gasteiger partial charge in [0.15, 0.2) is 0 Å². The molecule has 0 spiro atoms. The first-order chi connectivity index (χ1) is 15.8. The van der Waals surface area contributed by atoms with Crippen LogP contribution in [-0.2, 0) is 11.2 Å². The summed E-state index contributed by atoms with van der Waals surface area (Å²) >= 11 is 6.42. The minimum atomic E-state index is -1.43. The number of hydrogen-bond donors (Lipinski definition) is 5. The molecule has 1 heterocycles. The zero-order valence-corrected chi connectivity index (χ0v) is 18.9. The van der Waals surface area contributed by atoms with Crippen molar-refractivity contribution in [1.82, 2.24) is 0 Å². The molecular formula is C26H29ClO6. The Balaban J connectivity index is 1.50. The van der Waals surface area contributed by atoms with Crippen LogP contribution in [-0.4, -0.2) is 62.2 Å². The van der Waals surface area contributed by atoms with Crippen molar-refractivity contribution < 1.29 is 30.3 Å². The van der Waals surface area contributed by atoms with Crippen LogP contribution in [0.2, 0.25) is 5.02 Å². The fraction of sp³-hybridized carbons (Fsp3) is 0.462. The van der Waals surface area contributed by atoms with E-state index in [-0.39, 0.29) is 0 Å². The summed E-state index contributed by atoms with van der Waals surface area (Å²) in [5.41, 5.74) is 2.38. The number of halogens is 1. The Bertz CT molecular complexity index is 1020. The van der Waals surface area contributed by atoms with E-state index in [1.807, 2.05) is 24.3 Å². The lowest BCUT2D eigenvalue weighted by atomic mass is 9.90. The second-order valence-corrected chi connectivity index (χ2v) is 9.37. The molecule has 0 radical (unpaired) electrons. The first kappa shape index (κ1) is 24.2. The summed E-state index contributed by atoms with van der Waals surface area (Å²) in [6, 6.07) is 12.9. The minimum absolute atomic E-state index is 0.478. The summed E-state index contributed by atoms with van der Waals surface area (Å²) < 4.78 is 5.67. The Hall–Kier alpha value is -1.95. The Labute approximate surface area is 198 Å². The maximum Gasteiger partial charge on any atom is 0.125 e. The van der Waals surface area contributed by atoms with Crippen LogP contribution in [0.15, 0.2) is 42.5 Å². The average molecular weight is 473 g/mol. The molecule has 7 heteroatoms. The minimum Gasteiger partial charge on any atom is -0.394 e. The highest BCUT2D eigenvalue weighted by Crippen LogP contribution is 2.34. The summed E-state index contributed by atoms with van der Waals surface area (Å²) in [5, 5.41) is 50.9. The molecule has 2 aromatic carbocycles. The van der Waals surface area contributed by atoms with Gasteiger partial charge in [-0.3, -0.25) is 0 Å². The quantitative estimate of drug-likeness (QED) is 0.436. The van der Waals surface area contributed by atoms with Crippen LogP contribution in [0.5, 0.6) is 0 Å². The van der Waals surface area contributed by atoms with Crippen molar-refractivity contribution in [1.29, 1.82) is 0 Å². The smallest absolute Gasteiger partial charge is 0.125 e. The molecule has 176 valence electrons. The van der Waals surface area contributed by atoms with E-state index in [1.54, 1.807) is 18.2 Å². The largest absolute Gasteiger partial charge is 0.394 e. The van der Waals surface area contributed by atoms with Crippen molar-refractivity contribution in [3.63, 3.8) is 0 Å². The maximum absolute atomic E-state index is 10.4. The first-order valence-electron chi connectivity index (χ1n) is 11.2. The average Bonchev–Trinajstić information content (AvgIpc) is 3.25. The van der Waals surface area contributed by atoms with Crippen molar-refractivity contribution in [2.45, 2.75) is 68.2 Å². The van der Waals surface area contributed by atoms with Gasteiger partial charge in [0.2, 0.25) is 0 Å². The molecule has 0 amide bonds. The fourth-order valence-corrected chi connectivity index (χ4v) is 4.67. The molecule has 1 aliphatic carbocycles. The van der Waals surface area contributed by atoms with Gasteiger partial charge in [0.25, 0.3) is 0 Å². The summed E-state index contributed by atoms with van der Waals surface area (Å²) in [4.78, 5) is 0. The van der Waals surface area contributed by atoms with Crippen molar-refractivity contribution in [3.8, 4) is 11.8 Å². The summed E-state index contributed by atoms with van der Waals surface area (Å²) in [7, 11) is 0. The van der Waals surface area contributed by atoms with Crippen molar-refractivity contribution >= 4 is 11.6 Å². The van der Waals surface area contributed by atoms with Gasteiger partial charge in [0.05, 0.1) is 6.61 Å². The van der Waals surface area contributed by atoms with Crippen LogP contribution in [0.1, 0.15) is 54.0 Å². The molecular weight excluding hydrogens is 444 g/mol. The lowest BCUT2D eigenvalue weighted by molar-refractivity contribution is -0.231. The van der Waals surface area contributed by atoms with E-state index < -0.39 is 42.7 Å². The van der Waals surface area contributed by atoms with Crippen LogP contribution in [0, 0.1) is 11.8 Å². The Morgan fingerprint density at radius 3 is 2.33 bits per heavy atom. The van der Waals surface area contributed by atoms with Crippen molar-refractivity contribution in [2.75, 3.05) is 6.61 Å². The monoisotopic (exact) mass is 472 g/mol. The summed E-state index contributed by atoms with van der Waals surface area (Å²) in [6.45, 7) is -0.478. The van der Waals surface area contributed by atoms with E-state index >= 15 is 0 Å². The number of aliphatic hydroxyl groups excluding tert-OH is 4. The molecule has 0 unspecified atom stereocenters. The number of rotatable bonds is 4. The predicted molar refractivity (Wildman–Crippen MR) is 124 cm³/mol. The molecule has 33 heavy (non-hydrogen) atoms. The summed E-state index contributed by atoms with van der Waals surface area (Å²) in [6.07, 6.45) is -2.06. The second-order valence-electron chi connectivity index (χ2n) is 8.96. The highest BCUT2D eigenvalue weighted by Gasteiger charge is 2.44. The van der Waals surface area contributed by atoms with Gasteiger partial charge in [0.1, 0.15) is 36.1 Å². The van der Waals surface area contributed by atoms with Gasteiger partial charge in [-0.05, 0) is 67.0 Å². The Morgan fingerprint density at radius 1 is 0.970 bits per heavy atom. The van der Waals surface area contributed by atoms with Gasteiger partial charge >= 0.3 is 0 Å². The third-order valence-electron chi connectivity index (χ3n) is 6.51. The number of benzene rings is 2. The van der Waals surface area contributed by atoms with Gasteiger partial charge < -0.3 is 30.3 Å². The molecule has 0 bridgehead atoms. The molecule has 6 nitrogen and oxygen atoms in total. The predicted octanol–water partition coefficient (Wildman–Crippen LogP) is 2.10. The van der Waals surface area contributed by atoms with E-state index in [0.717, 1.165) is 42.4 Å². The number of ether oxygens (including phenoxy) is 1. The van der Waals surface area contributed by atoms with Gasteiger partial charge in [-0.25, -0.2) is 0 Å². The Morgan fingerprint density at radius 2 is 1.67 bits per heavy atom. The zero-order valence-electron chi connectivity index (χ0n) is 18.2. The standard InChI is InChI=1S/C26H29ClO6/c27-20-8-7-18(25-24(31)23(30)22(29)21(15-28)33-25)14-19(20)13-17-5-3-16(4-6-17)9-12-26(32)10-1-2-11-26/h3-8,14,21-25,28-32H,1-2,10-11,13,15H2/t21-,22-,23+,24-,25+/m1/s1. The molecule has 5 atom stereocenters. The Kier molecular flexibility index (Phi) is 7.42. The van der Waals surface area contributed by atoms with Gasteiger partial charge in [-0.2, -0.15) is 0 Å². The van der Waals surface area contributed by atoms with E-state index in [1.165, 1.54) is 0 Å². The van der Waals surface area contributed by atoms with Gasteiger partial charge in [0, 0.05) is 10.6 Å². The van der Waals surface area contributed by atoms with E-state index in [2.05, 4.69) is 11.8 Å². The number of hydrogen-bond acceptors (Lipinski definition) is 6. The third kappa shape index (κ3) is 5.42. The molecule has 1 saturated heterocycles. The highest BCUT2D eigenvalue weighted by molar-refractivity contribution is 6.31. The van der Waals surface area contributed by atoms with E-state index in [0.29, 0.717) is 17.0 Å². The van der Waals surface area contributed by atoms with Crippen LogP contribution < -0.4 is 0 Å². The molecule has 1 saturated carbocycles. The lowest BCUT2D eigenvalue weighted by Gasteiger charge is -2.40. The van der Waals surface area contributed by atoms with E-state index in [4.69, 9.17) is 16.3 Å². The van der Waals surface area contributed by atoms with Crippen LogP contribution in [0.3, 0.4) is 0 Å². The molecule has 2 fully saturated rings. The normalized spacial score (nSPS) is 28.8. The highest BCUT2D eigenvalue weighted by atomic mass is 35.5. The molecule has 0 aromatic heterocycles.